The number of rotatable bonds is 27. The van der Waals surface area contributed by atoms with Gasteiger partial charge in [0.1, 0.15) is 0 Å². The molecule has 73 heavy (non-hydrogen) atoms. The molecule has 404 valence electrons. The lowest BCUT2D eigenvalue weighted by molar-refractivity contribution is 0.0940. The van der Waals surface area contributed by atoms with Gasteiger partial charge in [-0.1, -0.05) is 36.4 Å². The highest BCUT2D eigenvalue weighted by Gasteiger charge is 2.13. The smallest absolute Gasteiger partial charge is 0.251 e. The molecule has 3 amide bonds. The molecule has 3 aromatic carbocycles. The van der Waals surface area contributed by atoms with E-state index in [2.05, 4.69) is 83.4 Å². The van der Waals surface area contributed by atoms with Gasteiger partial charge >= 0.3 is 0 Å². The predicted octanol–water partition coefficient (Wildman–Crippen LogP) is -1.67. The van der Waals surface area contributed by atoms with Crippen LogP contribution >= 0.6 is 0 Å². The van der Waals surface area contributed by atoms with Crippen molar-refractivity contribution in [3.05, 3.63) is 106 Å². The van der Waals surface area contributed by atoms with E-state index in [1.54, 1.807) is 0 Å². The van der Waals surface area contributed by atoms with Crippen LogP contribution in [0.4, 0.5) is 0 Å². The minimum absolute atomic E-state index is 0.0374. The molecule has 6 rings (SSSR count). The first kappa shape index (κ1) is 57.8. The van der Waals surface area contributed by atoms with E-state index < -0.39 is 0 Å². The third-order valence-electron chi connectivity index (χ3n) is 13.7. The zero-order chi connectivity index (χ0) is 50.8. The molecular formula is C54H90N16O3. The molecule has 0 spiro atoms. The van der Waals surface area contributed by atoms with E-state index in [0.717, 1.165) is 193 Å². The first-order valence-electron chi connectivity index (χ1n) is 27.4. The summed E-state index contributed by atoms with van der Waals surface area (Å²) in [5.74, 6) is -0.112. The van der Waals surface area contributed by atoms with Crippen molar-refractivity contribution in [2.75, 3.05) is 196 Å². The summed E-state index contributed by atoms with van der Waals surface area (Å²) in [6.07, 6.45) is 0. The molecule has 12 N–H and O–H groups in total. The Hall–Kier alpha value is -4.45. The van der Waals surface area contributed by atoms with E-state index in [4.69, 9.17) is 0 Å². The molecule has 0 bridgehead atoms. The minimum atomic E-state index is -0.0374. The Bertz CT molecular complexity index is 1710. The Morgan fingerprint density at radius 1 is 0.356 bits per heavy atom. The molecule has 3 aliphatic rings. The average molecular weight is 1010 g/mol. The molecule has 0 radical (unpaired) electrons. The molecule has 0 atom stereocenters. The second kappa shape index (κ2) is 35.7. The van der Waals surface area contributed by atoms with Crippen molar-refractivity contribution < 1.29 is 14.4 Å². The topological polar surface area (TPSA) is 209 Å². The maximum atomic E-state index is 12.9. The first-order valence-corrected chi connectivity index (χ1v) is 27.4. The monoisotopic (exact) mass is 1010 g/mol. The SMILES string of the molecule is O=C(NCCN1CCNCCNCC1)c1ccc(CNCCN(CCNCc2ccc(C(=O)NCCN3CCNCCNCC3)cc2)CCNCc2ccc(C(=O)NCCN3CCNCCNCC3)cc2)cc1. The molecule has 0 aliphatic carbocycles. The van der Waals surface area contributed by atoms with Crippen molar-refractivity contribution in [2.45, 2.75) is 19.6 Å². The van der Waals surface area contributed by atoms with Gasteiger partial charge < -0.3 is 63.8 Å². The van der Waals surface area contributed by atoms with Crippen LogP contribution in [0.3, 0.4) is 0 Å². The van der Waals surface area contributed by atoms with Gasteiger partial charge in [0.25, 0.3) is 17.7 Å². The van der Waals surface area contributed by atoms with Crippen LogP contribution in [0.25, 0.3) is 0 Å². The molecule has 0 saturated carbocycles. The Labute approximate surface area is 436 Å². The van der Waals surface area contributed by atoms with Crippen LogP contribution in [0.2, 0.25) is 0 Å². The van der Waals surface area contributed by atoms with Crippen molar-refractivity contribution in [2.24, 2.45) is 0 Å². The van der Waals surface area contributed by atoms with Gasteiger partial charge in [0.2, 0.25) is 0 Å². The second-order valence-electron chi connectivity index (χ2n) is 19.3. The highest BCUT2D eigenvalue weighted by molar-refractivity contribution is 5.95. The fourth-order valence-electron chi connectivity index (χ4n) is 9.07. The molecule has 3 aliphatic heterocycles. The van der Waals surface area contributed by atoms with Crippen molar-refractivity contribution in [1.82, 2.24) is 83.4 Å². The van der Waals surface area contributed by atoms with Gasteiger partial charge in [-0.25, -0.2) is 0 Å². The summed E-state index contributed by atoms with van der Waals surface area (Å²) < 4.78 is 0. The summed E-state index contributed by atoms with van der Waals surface area (Å²) in [5, 5.41) is 40.8. The molecule has 3 heterocycles. The van der Waals surface area contributed by atoms with Crippen molar-refractivity contribution >= 4 is 17.7 Å². The highest BCUT2D eigenvalue weighted by atomic mass is 16.2. The van der Waals surface area contributed by atoms with E-state index in [-0.39, 0.29) is 17.7 Å². The van der Waals surface area contributed by atoms with Gasteiger partial charge in [0.05, 0.1) is 0 Å². The lowest BCUT2D eigenvalue weighted by atomic mass is 10.1. The molecule has 3 aromatic rings. The Kier molecular flexibility index (Phi) is 28.3. The maximum absolute atomic E-state index is 12.9. The third kappa shape index (κ3) is 24.2. The van der Waals surface area contributed by atoms with E-state index in [1.807, 2.05) is 72.8 Å². The molecule has 19 nitrogen and oxygen atoms in total. The molecular weight excluding hydrogens is 921 g/mol. The van der Waals surface area contributed by atoms with Crippen LogP contribution in [-0.4, -0.2) is 234 Å². The number of hydrogen-bond acceptors (Lipinski definition) is 16. The summed E-state index contributed by atoms with van der Waals surface area (Å²) in [4.78, 5) is 48.4. The van der Waals surface area contributed by atoms with Gasteiger partial charge in [-0.15, -0.1) is 0 Å². The number of carbonyl (C=O) groups is 3. The number of nitrogens with one attached hydrogen (secondary N) is 12. The van der Waals surface area contributed by atoms with Crippen LogP contribution in [-0.2, 0) is 19.6 Å². The Morgan fingerprint density at radius 3 is 0.849 bits per heavy atom. The number of nitrogens with zero attached hydrogens (tertiary/aromatic N) is 4. The summed E-state index contributed by atoms with van der Waals surface area (Å²) >= 11 is 0. The quantitative estimate of drug-likeness (QED) is 0.0386. The fraction of sp³-hybridized carbons (Fsp3) is 0.611. The number of hydrogen-bond donors (Lipinski definition) is 12. The third-order valence-corrected chi connectivity index (χ3v) is 13.7. The van der Waals surface area contributed by atoms with Crippen molar-refractivity contribution in [3.63, 3.8) is 0 Å². The molecule has 3 fully saturated rings. The van der Waals surface area contributed by atoms with Gasteiger partial charge in [0, 0.05) is 233 Å². The summed E-state index contributed by atoms with van der Waals surface area (Å²) in [6, 6.07) is 23.7. The Balaban J connectivity index is 0.906. The summed E-state index contributed by atoms with van der Waals surface area (Å²) in [6.45, 7) is 29.2. The summed E-state index contributed by atoms with van der Waals surface area (Å²) in [7, 11) is 0. The van der Waals surface area contributed by atoms with Gasteiger partial charge in [-0.3, -0.25) is 34.0 Å². The van der Waals surface area contributed by atoms with Crippen molar-refractivity contribution in [1.29, 1.82) is 0 Å². The van der Waals surface area contributed by atoms with Crippen LogP contribution in [0.5, 0.6) is 0 Å². The minimum Gasteiger partial charge on any atom is -0.351 e. The standard InChI is InChI=1S/C54H90N16O3/c71-52(64-28-40-68-31-19-55-13-14-56-20-32-68)49-7-1-46(2-8-49)43-61-25-37-67(38-26-62-44-47-3-9-50(10-4-47)53(72)65-29-41-69-33-21-57-15-16-58-22-34-69)39-27-63-45-48-5-11-51(12-6-48)54(73)66-30-42-70-35-23-59-17-18-60-24-36-70/h1-12,55-63H,13-45H2,(H,64,71)(H,65,72)(H,66,73). The lowest BCUT2D eigenvalue weighted by Gasteiger charge is -2.23. The predicted molar refractivity (Wildman–Crippen MR) is 294 cm³/mol. The van der Waals surface area contributed by atoms with E-state index in [1.165, 1.54) is 0 Å². The number of carbonyl (C=O) groups excluding carboxylic acids is 3. The Morgan fingerprint density at radius 2 is 0.603 bits per heavy atom. The van der Waals surface area contributed by atoms with Crippen LogP contribution < -0.4 is 63.8 Å². The number of amides is 3. The average Bonchev–Trinajstić information content (AvgIpc) is 3.72. The lowest BCUT2D eigenvalue weighted by Crippen LogP contribution is -2.40. The van der Waals surface area contributed by atoms with Crippen molar-refractivity contribution in [3.8, 4) is 0 Å². The first-order chi connectivity index (χ1) is 36.0. The van der Waals surface area contributed by atoms with Crippen LogP contribution in [0.15, 0.2) is 72.8 Å². The van der Waals surface area contributed by atoms with Crippen LogP contribution in [0.1, 0.15) is 47.8 Å². The molecule has 0 unspecified atom stereocenters. The largest absolute Gasteiger partial charge is 0.351 e. The van der Waals surface area contributed by atoms with E-state index in [0.29, 0.717) is 56.0 Å². The van der Waals surface area contributed by atoms with E-state index >= 15 is 0 Å². The number of benzene rings is 3. The zero-order valence-electron chi connectivity index (χ0n) is 43.8. The fourth-order valence-corrected chi connectivity index (χ4v) is 9.07. The molecule has 19 heteroatoms. The highest BCUT2D eigenvalue weighted by Crippen LogP contribution is 2.08. The maximum Gasteiger partial charge on any atom is 0.251 e. The normalized spacial score (nSPS) is 17.4. The molecule has 0 aromatic heterocycles. The van der Waals surface area contributed by atoms with Crippen LogP contribution in [0, 0.1) is 0 Å². The molecule has 3 saturated heterocycles. The van der Waals surface area contributed by atoms with E-state index in [9.17, 15) is 14.4 Å². The van der Waals surface area contributed by atoms with Gasteiger partial charge in [0.15, 0.2) is 0 Å². The van der Waals surface area contributed by atoms with Gasteiger partial charge in [-0.05, 0) is 53.1 Å². The van der Waals surface area contributed by atoms with Gasteiger partial charge in [-0.2, -0.15) is 0 Å². The summed E-state index contributed by atoms with van der Waals surface area (Å²) in [5.41, 5.74) is 5.45. The zero-order valence-corrected chi connectivity index (χ0v) is 43.8. The second-order valence-corrected chi connectivity index (χ2v) is 19.3.